The molecule has 0 bridgehead atoms. The number of hydrogen-bond acceptors (Lipinski definition) is 5. The number of rotatable bonds is 7. The summed E-state index contributed by atoms with van der Waals surface area (Å²) in [5.74, 6) is -0.0649. The van der Waals surface area contributed by atoms with Gasteiger partial charge in [0.2, 0.25) is 0 Å². The van der Waals surface area contributed by atoms with Crippen LogP contribution in [0.15, 0.2) is 48.7 Å². The molecule has 0 unspecified atom stereocenters. The molecule has 2 aromatic carbocycles. The molecule has 2 N–H and O–H groups in total. The highest BCUT2D eigenvalue weighted by Crippen LogP contribution is 2.35. The summed E-state index contributed by atoms with van der Waals surface area (Å²) in [6.45, 7) is -2.60. The number of aromatic nitrogens is 1. The number of amides is 1. The number of nitrogens with one attached hydrogen (secondary N) is 1. The molecule has 0 saturated heterocycles. The lowest BCUT2D eigenvalue weighted by atomic mass is 10.1. The van der Waals surface area contributed by atoms with Gasteiger partial charge in [-0.3, -0.25) is 9.78 Å². The summed E-state index contributed by atoms with van der Waals surface area (Å²) in [4.78, 5) is 16.9. The fourth-order valence-corrected chi connectivity index (χ4v) is 2.91. The Morgan fingerprint density at radius 1 is 1.20 bits per heavy atom. The van der Waals surface area contributed by atoms with Gasteiger partial charge in [0.15, 0.2) is 11.5 Å². The number of phenols is 1. The van der Waals surface area contributed by atoms with Gasteiger partial charge in [0.05, 0.1) is 12.3 Å². The maximum absolute atomic E-state index is 12.7. The molecule has 0 atom stereocenters. The van der Waals surface area contributed by atoms with Gasteiger partial charge in [-0.05, 0) is 61.2 Å². The molecule has 1 aliphatic rings. The van der Waals surface area contributed by atoms with E-state index in [0.717, 1.165) is 12.8 Å². The van der Waals surface area contributed by atoms with Gasteiger partial charge in [-0.1, -0.05) is 0 Å². The van der Waals surface area contributed by atoms with Crippen molar-refractivity contribution in [2.45, 2.75) is 19.5 Å². The highest BCUT2D eigenvalue weighted by atomic mass is 35.5. The molecule has 4 rings (SSSR count). The van der Waals surface area contributed by atoms with Crippen molar-refractivity contribution >= 4 is 34.9 Å². The van der Waals surface area contributed by atoms with Crippen LogP contribution in [0.4, 0.5) is 14.5 Å². The molecule has 158 valence electrons. The van der Waals surface area contributed by atoms with Crippen LogP contribution < -0.4 is 14.8 Å². The van der Waals surface area contributed by atoms with Gasteiger partial charge in [0, 0.05) is 17.1 Å². The van der Waals surface area contributed by atoms with Gasteiger partial charge in [-0.25, -0.2) is 0 Å². The van der Waals surface area contributed by atoms with E-state index in [1.165, 1.54) is 24.3 Å². The van der Waals surface area contributed by atoms with Crippen LogP contribution in [0.1, 0.15) is 23.2 Å². The third kappa shape index (κ3) is 4.88. The quantitative estimate of drug-likeness (QED) is 0.509. The van der Waals surface area contributed by atoms with Crippen LogP contribution in [-0.2, 0) is 0 Å². The average Bonchev–Trinajstić information content (AvgIpc) is 3.53. The average molecular weight is 437 g/mol. The van der Waals surface area contributed by atoms with Gasteiger partial charge in [0.25, 0.3) is 5.91 Å². The first-order valence-electron chi connectivity index (χ1n) is 9.11. The molecule has 6 nitrogen and oxygen atoms in total. The van der Waals surface area contributed by atoms with Crippen LogP contribution in [0, 0.1) is 5.92 Å². The maximum atomic E-state index is 12.7. The van der Waals surface area contributed by atoms with E-state index >= 15 is 0 Å². The van der Waals surface area contributed by atoms with Gasteiger partial charge >= 0.3 is 6.61 Å². The Labute approximate surface area is 177 Å². The minimum Gasteiger partial charge on any atom is -0.506 e. The largest absolute Gasteiger partial charge is 0.506 e. The van der Waals surface area contributed by atoms with Crippen LogP contribution in [0.25, 0.3) is 10.9 Å². The lowest BCUT2D eigenvalue weighted by molar-refractivity contribution is -0.0515. The number of fused-ring (bicyclic) bond motifs is 1. The van der Waals surface area contributed by atoms with Crippen molar-refractivity contribution in [1.82, 2.24) is 4.98 Å². The van der Waals surface area contributed by atoms with Crippen LogP contribution in [0.2, 0.25) is 0 Å². The number of aromatic hydroxyl groups is 1. The zero-order chi connectivity index (χ0) is 20.4. The summed E-state index contributed by atoms with van der Waals surface area (Å²) in [5.41, 5.74) is 1.05. The first kappa shape index (κ1) is 21.6. The third-order valence-corrected chi connectivity index (χ3v) is 4.59. The van der Waals surface area contributed by atoms with E-state index in [4.69, 9.17) is 4.74 Å². The highest BCUT2D eigenvalue weighted by molar-refractivity contribution is 6.09. The summed E-state index contributed by atoms with van der Waals surface area (Å²) < 4.78 is 35.4. The number of halogens is 3. The molecule has 0 spiro atoms. The second-order valence-electron chi connectivity index (χ2n) is 6.78. The monoisotopic (exact) mass is 436 g/mol. The fraction of sp³-hybridized carbons (Fsp3) is 0.238. The van der Waals surface area contributed by atoms with E-state index in [1.807, 2.05) is 0 Å². The number of carbonyl (C=O) groups excluding carboxylic acids is 1. The number of hydrogen-bond donors (Lipinski definition) is 2. The fourth-order valence-electron chi connectivity index (χ4n) is 2.91. The van der Waals surface area contributed by atoms with E-state index in [1.54, 1.807) is 24.4 Å². The van der Waals surface area contributed by atoms with Gasteiger partial charge in [0.1, 0.15) is 11.3 Å². The summed E-state index contributed by atoms with van der Waals surface area (Å²) in [5, 5.41) is 13.3. The highest BCUT2D eigenvalue weighted by Gasteiger charge is 2.23. The number of anilines is 1. The standard InChI is InChI=1S/C21H18F2N2O4.ClH/c22-21(23)29-17-8-5-13(10-18(17)28-11-12-3-4-12)20(27)25-15-6-7-16(26)19-14(15)2-1-9-24-19;/h1-2,5-10,12,21,26H,3-4,11H2,(H,25,27);1H. The Balaban J connectivity index is 0.00000256. The molecule has 30 heavy (non-hydrogen) atoms. The lowest BCUT2D eigenvalue weighted by Gasteiger charge is -2.14. The molecule has 0 aliphatic heterocycles. The Bertz CT molecular complexity index is 1060. The Morgan fingerprint density at radius 2 is 2.00 bits per heavy atom. The molecule has 1 saturated carbocycles. The van der Waals surface area contributed by atoms with Crippen LogP contribution >= 0.6 is 12.4 Å². The minimum atomic E-state index is -2.99. The third-order valence-electron chi connectivity index (χ3n) is 4.59. The van der Waals surface area contributed by atoms with Crippen molar-refractivity contribution in [1.29, 1.82) is 0 Å². The second-order valence-corrected chi connectivity index (χ2v) is 6.78. The smallest absolute Gasteiger partial charge is 0.387 e. The number of ether oxygens (including phenoxy) is 2. The topological polar surface area (TPSA) is 80.7 Å². The number of alkyl halides is 2. The molecule has 3 aromatic rings. The van der Waals surface area contributed by atoms with Crippen molar-refractivity contribution < 1.29 is 28.2 Å². The van der Waals surface area contributed by atoms with E-state index < -0.39 is 12.5 Å². The number of nitrogens with zero attached hydrogens (tertiary/aromatic N) is 1. The molecular weight excluding hydrogens is 418 g/mol. The van der Waals surface area contributed by atoms with E-state index in [9.17, 15) is 18.7 Å². The van der Waals surface area contributed by atoms with Crippen molar-refractivity contribution in [2.75, 3.05) is 11.9 Å². The van der Waals surface area contributed by atoms with Gasteiger partial charge in [-0.2, -0.15) is 8.78 Å². The van der Waals surface area contributed by atoms with Crippen LogP contribution in [0.3, 0.4) is 0 Å². The van der Waals surface area contributed by atoms with E-state index in [0.29, 0.717) is 29.1 Å². The predicted octanol–water partition coefficient (Wildman–Crippen LogP) is 5.00. The van der Waals surface area contributed by atoms with E-state index in [-0.39, 0.29) is 35.2 Å². The van der Waals surface area contributed by atoms with Crippen molar-refractivity contribution in [3.63, 3.8) is 0 Å². The van der Waals surface area contributed by atoms with Crippen LogP contribution in [0.5, 0.6) is 17.2 Å². The van der Waals surface area contributed by atoms with Crippen molar-refractivity contribution in [3.8, 4) is 17.2 Å². The van der Waals surface area contributed by atoms with Gasteiger partial charge < -0.3 is 19.9 Å². The lowest BCUT2D eigenvalue weighted by Crippen LogP contribution is -2.13. The number of carbonyl (C=O) groups is 1. The molecule has 9 heteroatoms. The van der Waals surface area contributed by atoms with Gasteiger partial charge in [-0.15, -0.1) is 12.4 Å². The zero-order valence-electron chi connectivity index (χ0n) is 15.7. The Morgan fingerprint density at radius 3 is 2.73 bits per heavy atom. The van der Waals surface area contributed by atoms with Crippen molar-refractivity contribution in [3.05, 3.63) is 54.2 Å². The molecule has 0 radical (unpaired) electrons. The SMILES string of the molecule is Cl.O=C(Nc1ccc(O)c2ncccc12)c1ccc(OC(F)F)c(OCC2CC2)c1. The summed E-state index contributed by atoms with van der Waals surface area (Å²) in [7, 11) is 0. The molecule has 1 heterocycles. The molecule has 1 fully saturated rings. The Kier molecular flexibility index (Phi) is 6.56. The molecular formula is C21H19ClF2N2O4. The summed E-state index contributed by atoms with van der Waals surface area (Å²) >= 11 is 0. The number of pyridine rings is 1. The second kappa shape index (κ2) is 9.13. The summed E-state index contributed by atoms with van der Waals surface area (Å²) in [6, 6.07) is 10.5. The number of phenolic OH excluding ortho intramolecular Hbond substituents is 1. The van der Waals surface area contributed by atoms with Crippen molar-refractivity contribution in [2.24, 2.45) is 5.92 Å². The van der Waals surface area contributed by atoms with E-state index in [2.05, 4.69) is 15.0 Å². The molecule has 1 aliphatic carbocycles. The van der Waals surface area contributed by atoms with Crippen LogP contribution in [-0.4, -0.2) is 29.2 Å². The molecule has 1 amide bonds. The molecule has 1 aromatic heterocycles. The first-order chi connectivity index (χ1) is 14.0. The number of benzene rings is 2. The summed E-state index contributed by atoms with van der Waals surface area (Å²) in [6.07, 6.45) is 3.61. The normalized spacial score (nSPS) is 13.0. The maximum Gasteiger partial charge on any atom is 0.387 e. The minimum absolute atomic E-state index is 0. The first-order valence-corrected chi connectivity index (χ1v) is 9.11. The Hall–Kier alpha value is -3.13. The predicted molar refractivity (Wildman–Crippen MR) is 110 cm³/mol. The zero-order valence-corrected chi connectivity index (χ0v) is 16.5.